The summed E-state index contributed by atoms with van der Waals surface area (Å²) in [6.45, 7) is 11.0. The van der Waals surface area contributed by atoms with Crippen LogP contribution >= 0.6 is 0 Å². The molecule has 3 saturated carbocycles. The second kappa shape index (κ2) is 13.0. The summed E-state index contributed by atoms with van der Waals surface area (Å²) in [5.74, 6) is -2.42. The third kappa shape index (κ3) is 7.40. The number of ether oxygens (including phenoxy) is 1. The first-order valence-electron chi connectivity index (χ1n) is 16.8. The van der Waals surface area contributed by atoms with Crippen molar-refractivity contribution in [2.45, 2.75) is 110 Å². The van der Waals surface area contributed by atoms with Gasteiger partial charge < -0.3 is 31.3 Å². The van der Waals surface area contributed by atoms with Gasteiger partial charge in [-0.1, -0.05) is 90.6 Å². The molecule has 5 rings (SSSR count). The Morgan fingerprint density at radius 1 is 1.02 bits per heavy atom. The monoisotopic (exact) mass is 637 g/mol. The Morgan fingerprint density at radius 3 is 2.26 bits per heavy atom. The number of carbonyl (C=O) groups is 5. The van der Waals surface area contributed by atoms with Crippen molar-refractivity contribution in [2.75, 3.05) is 13.2 Å². The Labute approximate surface area is 272 Å². The van der Waals surface area contributed by atoms with E-state index in [-0.39, 0.29) is 29.1 Å². The number of primary amides is 1. The number of hydrogen-bond donors (Lipinski definition) is 4. The minimum absolute atomic E-state index is 0.0975. The molecule has 1 unspecified atom stereocenters. The average molecular weight is 638 g/mol. The molecule has 0 radical (unpaired) electrons. The molecule has 0 spiro atoms. The Kier molecular flexibility index (Phi) is 9.55. The highest BCUT2D eigenvalue weighted by molar-refractivity contribution is 6.37. The minimum Gasteiger partial charge on any atom is -0.374 e. The Bertz CT molecular complexity index is 1330. The van der Waals surface area contributed by atoms with Gasteiger partial charge in [0.05, 0.1) is 24.8 Å². The molecule has 0 bridgehead atoms. The first kappa shape index (κ1) is 33.9. The van der Waals surface area contributed by atoms with Gasteiger partial charge in [-0.25, -0.2) is 4.79 Å². The number of nitrogens with two attached hydrogens (primary N) is 1. The number of carbonyl (C=O) groups excluding carboxylic acids is 5. The van der Waals surface area contributed by atoms with Gasteiger partial charge >= 0.3 is 6.03 Å². The largest absolute Gasteiger partial charge is 0.374 e. The fraction of sp³-hybridized carbons (Fsp3) is 0.686. The molecule has 1 aliphatic heterocycles. The van der Waals surface area contributed by atoms with Crippen LogP contribution in [0.4, 0.5) is 4.79 Å². The van der Waals surface area contributed by atoms with Crippen LogP contribution in [-0.4, -0.2) is 71.3 Å². The van der Waals surface area contributed by atoms with Crippen molar-refractivity contribution >= 4 is 29.5 Å². The third-order valence-corrected chi connectivity index (χ3v) is 10.7. The number of hydrogen-bond acceptors (Lipinski definition) is 6. The fourth-order valence-electron chi connectivity index (χ4n) is 7.68. The zero-order valence-electron chi connectivity index (χ0n) is 27.9. The molecule has 1 heterocycles. The van der Waals surface area contributed by atoms with Crippen LogP contribution in [0.25, 0.3) is 0 Å². The van der Waals surface area contributed by atoms with Crippen LogP contribution in [0.15, 0.2) is 30.3 Å². The van der Waals surface area contributed by atoms with E-state index in [1.165, 1.54) is 0 Å². The van der Waals surface area contributed by atoms with Gasteiger partial charge in [-0.05, 0) is 53.4 Å². The molecule has 4 fully saturated rings. The van der Waals surface area contributed by atoms with E-state index < -0.39 is 52.7 Å². The summed E-state index contributed by atoms with van der Waals surface area (Å²) in [5, 5.41) is 8.92. The SMILES string of the molecule is CC(C)(C)[C@H](NC(=O)NC1(COCc2ccccc2)CCCC1)C(=O)N1C[C@H]2[C@@H]([C@H]1C(=O)NC(CC1CC1)C(=O)C(N)=O)C2(C)C. The molecule has 0 aromatic heterocycles. The van der Waals surface area contributed by atoms with Crippen LogP contribution in [0, 0.1) is 28.6 Å². The summed E-state index contributed by atoms with van der Waals surface area (Å²) in [6.07, 6.45) is 5.73. The summed E-state index contributed by atoms with van der Waals surface area (Å²) in [7, 11) is 0. The van der Waals surface area contributed by atoms with Gasteiger partial charge in [-0.15, -0.1) is 0 Å². The number of urea groups is 1. The number of nitrogens with zero attached hydrogens (tertiary/aromatic N) is 1. The highest BCUT2D eigenvalue weighted by Crippen LogP contribution is 2.65. The number of fused-ring (bicyclic) bond motifs is 1. The topological polar surface area (TPSA) is 160 Å². The molecule has 4 aliphatic rings. The molecule has 11 heteroatoms. The first-order valence-corrected chi connectivity index (χ1v) is 16.8. The highest BCUT2D eigenvalue weighted by atomic mass is 16.5. The number of ketones is 1. The number of rotatable bonds is 13. The summed E-state index contributed by atoms with van der Waals surface area (Å²) in [5.41, 5.74) is 5.01. The molecule has 5 amide bonds. The van der Waals surface area contributed by atoms with Crippen LogP contribution in [0.1, 0.15) is 85.1 Å². The maximum Gasteiger partial charge on any atom is 0.315 e. The van der Waals surface area contributed by atoms with Crippen LogP contribution in [0.5, 0.6) is 0 Å². The van der Waals surface area contributed by atoms with Crippen LogP contribution in [0.2, 0.25) is 0 Å². The molecule has 11 nitrogen and oxygen atoms in total. The van der Waals surface area contributed by atoms with E-state index in [0.717, 1.165) is 44.1 Å². The van der Waals surface area contributed by atoms with Crippen molar-refractivity contribution in [3.8, 4) is 0 Å². The maximum atomic E-state index is 14.3. The highest BCUT2D eigenvalue weighted by Gasteiger charge is 2.70. The van der Waals surface area contributed by atoms with Gasteiger partial charge in [0.25, 0.3) is 5.91 Å². The normalized spacial score (nSPS) is 25.6. The summed E-state index contributed by atoms with van der Waals surface area (Å²) < 4.78 is 6.06. The standard InChI is InChI=1S/C35H51N5O6/c1-33(2,3)28(38-32(45)39-35(15-9-10-16-35)20-46-19-22-11-7-6-8-12-22)31(44)40-18-23-25(34(23,4)5)26(40)30(43)37-24(17-21-13-14-21)27(41)29(36)42/h6-8,11-12,21,23-26,28H,9-10,13-20H2,1-5H3,(H2,36,42)(H,37,43)(H2,38,39,45)/t23-,24?,25-,26-,28+/m0/s1. The Hall–Kier alpha value is -3.47. The molecule has 46 heavy (non-hydrogen) atoms. The molecular formula is C35H51N5O6. The Balaban J connectivity index is 1.28. The molecule has 252 valence electrons. The smallest absolute Gasteiger partial charge is 0.315 e. The number of nitrogens with one attached hydrogen (secondary N) is 3. The van der Waals surface area contributed by atoms with Crippen LogP contribution in [0.3, 0.4) is 0 Å². The molecular weight excluding hydrogens is 586 g/mol. The van der Waals surface area contributed by atoms with Crippen LogP contribution < -0.4 is 21.7 Å². The average Bonchev–Trinajstić information content (AvgIpc) is 3.73. The molecule has 5 N–H and O–H groups in total. The van der Waals surface area contributed by atoms with Crippen molar-refractivity contribution in [1.82, 2.24) is 20.9 Å². The summed E-state index contributed by atoms with van der Waals surface area (Å²) in [6, 6.07) is 6.70. The first-order chi connectivity index (χ1) is 21.6. The lowest BCUT2D eigenvalue weighted by atomic mass is 9.85. The molecule has 5 atom stereocenters. The van der Waals surface area contributed by atoms with Crippen molar-refractivity contribution in [1.29, 1.82) is 0 Å². The van der Waals surface area contributed by atoms with Crippen molar-refractivity contribution in [2.24, 2.45) is 34.3 Å². The lowest BCUT2D eigenvalue weighted by Crippen LogP contribution is -2.63. The zero-order chi connectivity index (χ0) is 33.4. The minimum atomic E-state index is -1.08. The second-order valence-corrected chi connectivity index (χ2v) is 15.7. The summed E-state index contributed by atoms with van der Waals surface area (Å²) in [4.78, 5) is 67.7. The summed E-state index contributed by atoms with van der Waals surface area (Å²) >= 11 is 0. The number of amides is 5. The van der Waals surface area contributed by atoms with Gasteiger partial charge in [0.15, 0.2) is 0 Å². The van der Waals surface area contributed by atoms with E-state index in [9.17, 15) is 24.0 Å². The van der Waals surface area contributed by atoms with E-state index in [2.05, 4.69) is 29.8 Å². The van der Waals surface area contributed by atoms with Crippen molar-refractivity contribution < 1.29 is 28.7 Å². The zero-order valence-corrected chi connectivity index (χ0v) is 27.9. The maximum absolute atomic E-state index is 14.3. The number of Topliss-reactive ketones (excluding diaryl/α,β-unsaturated/α-hetero) is 1. The van der Waals surface area contributed by atoms with Crippen molar-refractivity contribution in [3.05, 3.63) is 35.9 Å². The van der Waals surface area contributed by atoms with Gasteiger partial charge in [-0.3, -0.25) is 19.2 Å². The van der Waals surface area contributed by atoms with E-state index in [0.29, 0.717) is 26.2 Å². The van der Waals surface area contributed by atoms with Gasteiger partial charge in [0, 0.05) is 6.54 Å². The van der Waals surface area contributed by atoms with Gasteiger partial charge in [0.2, 0.25) is 17.6 Å². The number of piperidine rings is 1. The lowest BCUT2D eigenvalue weighted by Gasteiger charge is -2.39. The number of benzene rings is 1. The quantitative estimate of drug-likeness (QED) is 0.243. The number of likely N-dealkylation sites (tertiary alicyclic amines) is 1. The predicted molar refractivity (Wildman–Crippen MR) is 172 cm³/mol. The molecule has 1 aromatic carbocycles. The fourth-order valence-corrected chi connectivity index (χ4v) is 7.68. The predicted octanol–water partition coefficient (Wildman–Crippen LogP) is 3.05. The van der Waals surface area contributed by atoms with Crippen LogP contribution in [-0.2, 0) is 30.5 Å². The van der Waals surface area contributed by atoms with Crippen molar-refractivity contribution in [3.63, 3.8) is 0 Å². The van der Waals surface area contributed by atoms with Gasteiger partial charge in [-0.2, -0.15) is 0 Å². The lowest BCUT2D eigenvalue weighted by molar-refractivity contribution is -0.145. The molecule has 1 aromatic rings. The molecule has 3 aliphatic carbocycles. The van der Waals surface area contributed by atoms with E-state index in [1.54, 1.807) is 4.90 Å². The van der Waals surface area contributed by atoms with Gasteiger partial charge in [0.1, 0.15) is 12.1 Å². The second-order valence-electron chi connectivity index (χ2n) is 15.7. The Morgan fingerprint density at radius 2 is 1.67 bits per heavy atom. The van der Waals surface area contributed by atoms with E-state index >= 15 is 0 Å². The van der Waals surface area contributed by atoms with E-state index in [1.807, 2.05) is 51.1 Å². The van der Waals surface area contributed by atoms with E-state index in [4.69, 9.17) is 10.5 Å². The third-order valence-electron chi connectivity index (χ3n) is 10.7. The molecule has 1 saturated heterocycles.